The monoisotopic (exact) mass is 458 g/mol. The van der Waals surface area contributed by atoms with E-state index in [1.165, 1.54) is 11.8 Å². The Kier molecular flexibility index (Phi) is 9.17. The number of nitrogens with one attached hydrogen (secondary N) is 1. The molecule has 1 N–H and O–H groups in total. The number of anilines is 1. The summed E-state index contributed by atoms with van der Waals surface area (Å²) in [6.07, 6.45) is 3.79. The zero-order chi connectivity index (χ0) is 22.9. The first-order valence-electron chi connectivity index (χ1n) is 11.6. The van der Waals surface area contributed by atoms with E-state index in [9.17, 15) is 9.59 Å². The molecule has 1 amide bonds. The van der Waals surface area contributed by atoms with Crippen LogP contribution in [0, 0.1) is 0 Å². The van der Waals surface area contributed by atoms with Crippen molar-refractivity contribution in [2.24, 2.45) is 0 Å². The summed E-state index contributed by atoms with van der Waals surface area (Å²) < 4.78 is 7.28. The molecule has 3 rings (SSSR count). The first kappa shape index (κ1) is 24.3. The maximum absolute atomic E-state index is 12.7. The lowest BCUT2D eigenvalue weighted by molar-refractivity contribution is -0.113. The van der Waals surface area contributed by atoms with E-state index in [4.69, 9.17) is 4.74 Å². The SMILES string of the molecule is CCOc1ccc(NC(=O)CSc2nc(=O)n(CCCN(CC)CC)c3c2CCC3)cc1. The Hall–Kier alpha value is -2.32. The van der Waals surface area contributed by atoms with Gasteiger partial charge in [-0.15, -0.1) is 0 Å². The van der Waals surface area contributed by atoms with Crippen LogP contribution in [0.2, 0.25) is 0 Å². The summed E-state index contributed by atoms with van der Waals surface area (Å²) in [6, 6.07) is 7.31. The Morgan fingerprint density at radius 2 is 1.94 bits per heavy atom. The minimum atomic E-state index is -0.195. The summed E-state index contributed by atoms with van der Waals surface area (Å²) in [5, 5.41) is 3.61. The molecule has 0 bridgehead atoms. The van der Waals surface area contributed by atoms with Gasteiger partial charge >= 0.3 is 5.69 Å². The van der Waals surface area contributed by atoms with Crippen molar-refractivity contribution in [3.8, 4) is 5.75 Å². The molecule has 0 saturated carbocycles. The number of amides is 1. The van der Waals surface area contributed by atoms with Gasteiger partial charge in [0.1, 0.15) is 10.8 Å². The van der Waals surface area contributed by atoms with Crippen molar-refractivity contribution < 1.29 is 9.53 Å². The summed E-state index contributed by atoms with van der Waals surface area (Å²) >= 11 is 1.35. The Morgan fingerprint density at radius 3 is 2.62 bits per heavy atom. The fraction of sp³-hybridized carbons (Fsp3) is 0.542. The van der Waals surface area contributed by atoms with E-state index in [-0.39, 0.29) is 17.3 Å². The zero-order valence-corrected chi connectivity index (χ0v) is 20.2. The molecule has 0 radical (unpaired) electrons. The van der Waals surface area contributed by atoms with Gasteiger partial charge in [-0.2, -0.15) is 4.98 Å². The summed E-state index contributed by atoms with van der Waals surface area (Å²) in [5.74, 6) is 0.881. The number of thioether (sulfide) groups is 1. The molecule has 174 valence electrons. The fourth-order valence-corrected chi connectivity index (χ4v) is 4.94. The van der Waals surface area contributed by atoms with Crippen molar-refractivity contribution in [3.05, 3.63) is 46.0 Å². The molecule has 1 aromatic carbocycles. The van der Waals surface area contributed by atoms with Crippen molar-refractivity contribution in [2.45, 2.75) is 58.0 Å². The number of fused-ring (bicyclic) bond motifs is 1. The molecule has 1 aromatic heterocycles. The second-order valence-electron chi connectivity index (χ2n) is 7.80. The number of hydrogen-bond donors (Lipinski definition) is 1. The van der Waals surface area contributed by atoms with Gasteiger partial charge in [0.05, 0.1) is 12.4 Å². The van der Waals surface area contributed by atoms with E-state index in [0.717, 1.165) is 68.0 Å². The third-order valence-electron chi connectivity index (χ3n) is 5.74. The highest BCUT2D eigenvalue weighted by Gasteiger charge is 2.22. The minimum Gasteiger partial charge on any atom is -0.494 e. The predicted molar refractivity (Wildman–Crippen MR) is 130 cm³/mol. The number of carbonyl (C=O) groups is 1. The Bertz CT molecular complexity index is 955. The van der Waals surface area contributed by atoms with Crippen molar-refractivity contribution in [3.63, 3.8) is 0 Å². The van der Waals surface area contributed by atoms with Crippen LogP contribution in [0.5, 0.6) is 5.75 Å². The lowest BCUT2D eigenvalue weighted by Crippen LogP contribution is -2.30. The molecule has 32 heavy (non-hydrogen) atoms. The van der Waals surface area contributed by atoms with Crippen molar-refractivity contribution in [2.75, 3.05) is 37.3 Å². The molecule has 1 aliphatic rings. The maximum atomic E-state index is 12.7. The normalized spacial score (nSPS) is 12.8. The van der Waals surface area contributed by atoms with Gasteiger partial charge in [-0.1, -0.05) is 25.6 Å². The van der Waals surface area contributed by atoms with Crippen LogP contribution < -0.4 is 15.7 Å². The number of hydrogen-bond acceptors (Lipinski definition) is 6. The van der Waals surface area contributed by atoms with Crippen LogP contribution in [0.25, 0.3) is 0 Å². The van der Waals surface area contributed by atoms with Gasteiger partial charge in [0, 0.05) is 23.5 Å². The summed E-state index contributed by atoms with van der Waals surface area (Å²) in [7, 11) is 0. The lowest BCUT2D eigenvalue weighted by Gasteiger charge is -2.19. The second-order valence-corrected chi connectivity index (χ2v) is 8.77. The van der Waals surface area contributed by atoms with Crippen LogP contribution in [0.4, 0.5) is 5.69 Å². The number of nitrogens with zero attached hydrogens (tertiary/aromatic N) is 3. The topological polar surface area (TPSA) is 76.5 Å². The standard InChI is InChI=1S/C24H34N4O3S/c1-4-27(5-2)15-8-16-28-21-10-7-9-20(21)23(26-24(28)30)32-17-22(29)25-18-11-13-19(14-12-18)31-6-3/h11-14H,4-10,15-17H2,1-3H3,(H,25,29). The van der Waals surface area contributed by atoms with E-state index >= 15 is 0 Å². The van der Waals surface area contributed by atoms with Crippen LogP contribution >= 0.6 is 11.8 Å². The number of carbonyl (C=O) groups excluding carboxylic acids is 1. The summed E-state index contributed by atoms with van der Waals surface area (Å²) in [6.45, 7) is 10.6. The number of rotatable bonds is 12. The van der Waals surface area contributed by atoms with Crippen molar-refractivity contribution >= 4 is 23.4 Å². The maximum Gasteiger partial charge on any atom is 0.348 e. The molecule has 0 unspecified atom stereocenters. The smallest absolute Gasteiger partial charge is 0.348 e. The molecule has 1 heterocycles. The van der Waals surface area contributed by atoms with Crippen LogP contribution in [0.1, 0.15) is 44.9 Å². The summed E-state index contributed by atoms with van der Waals surface area (Å²) in [4.78, 5) is 31.9. The Labute approximate surface area is 194 Å². The molecular weight excluding hydrogens is 424 g/mol. The number of ether oxygens (including phenoxy) is 1. The largest absolute Gasteiger partial charge is 0.494 e. The highest BCUT2D eigenvalue weighted by atomic mass is 32.2. The van der Waals surface area contributed by atoms with E-state index in [1.807, 2.05) is 35.8 Å². The van der Waals surface area contributed by atoms with Crippen molar-refractivity contribution in [1.29, 1.82) is 0 Å². The molecule has 0 fully saturated rings. The third-order valence-corrected chi connectivity index (χ3v) is 6.76. The number of aromatic nitrogens is 2. The van der Waals surface area contributed by atoms with E-state index < -0.39 is 0 Å². The van der Waals surface area contributed by atoms with Crippen molar-refractivity contribution in [1.82, 2.24) is 14.5 Å². The molecule has 0 spiro atoms. The van der Waals surface area contributed by atoms with Crippen LogP contribution in [-0.4, -0.2) is 52.4 Å². The van der Waals surface area contributed by atoms with Crippen LogP contribution in [0.3, 0.4) is 0 Å². The predicted octanol–water partition coefficient (Wildman–Crippen LogP) is 3.59. The zero-order valence-electron chi connectivity index (χ0n) is 19.4. The average molecular weight is 459 g/mol. The fourth-order valence-electron chi connectivity index (χ4n) is 4.06. The van der Waals surface area contributed by atoms with Gasteiger partial charge in [0.2, 0.25) is 5.91 Å². The van der Waals surface area contributed by atoms with Gasteiger partial charge < -0.3 is 15.0 Å². The molecule has 1 aliphatic carbocycles. The molecule has 0 aliphatic heterocycles. The molecule has 7 nitrogen and oxygen atoms in total. The highest BCUT2D eigenvalue weighted by Crippen LogP contribution is 2.29. The molecule has 0 atom stereocenters. The molecule has 8 heteroatoms. The second kappa shape index (κ2) is 12.1. The minimum absolute atomic E-state index is 0.115. The van der Waals surface area contributed by atoms with E-state index in [1.54, 1.807) is 0 Å². The van der Waals surface area contributed by atoms with E-state index in [0.29, 0.717) is 18.2 Å². The molecule has 2 aromatic rings. The Balaban J connectivity index is 1.61. The van der Waals surface area contributed by atoms with Gasteiger partial charge in [0.15, 0.2) is 0 Å². The first-order valence-corrected chi connectivity index (χ1v) is 12.5. The van der Waals surface area contributed by atoms with Gasteiger partial charge in [-0.05, 0) is 76.5 Å². The third kappa shape index (κ3) is 6.36. The Morgan fingerprint density at radius 1 is 1.19 bits per heavy atom. The first-order chi connectivity index (χ1) is 15.5. The van der Waals surface area contributed by atoms with E-state index in [2.05, 4.69) is 29.0 Å². The average Bonchev–Trinajstić information content (AvgIpc) is 3.28. The van der Waals surface area contributed by atoms with Crippen LogP contribution in [-0.2, 0) is 24.2 Å². The lowest BCUT2D eigenvalue weighted by atomic mass is 10.2. The molecular formula is C24H34N4O3S. The van der Waals surface area contributed by atoms with Gasteiger partial charge in [-0.25, -0.2) is 4.79 Å². The highest BCUT2D eigenvalue weighted by molar-refractivity contribution is 8.00. The summed E-state index contributed by atoms with van der Waals surface area (Å²) in [5.41, 5.74) is 2.78. The molecule has 0 saturated heterocycles. The quantitative estimate of drug-likeness (QED) is 0.387. The van der Waals surface area contributed by atoms with Crippen LogP contribution in [0.15, 0.2) is 34.1 Å². The number of benzene rings is 1. The van der Waals surface area contributed by atoms with Gasteiger partial charge in [0.25, 0.3) is 0 Å². The van der Waals surface area contributed by atoms with Gasteiger partial charge in [-0.3, -0.25) is 9.36 Å².